The fourth-order valence-corrected chi connectivity index (χ4v) is 2.71. The van der Waals surface area contributed by atoms with Crippen LogP contribution in [-0.4, -0.2) is 42.1 Å². The molecule has 0 bridgehead atoms. The van der Waals surface area contributed by atoms with Crippen molar-refractivity contribution < 1.29 is 19.4 Å². The summed E-state index contributed by atoms with van der Waals surface area (Å²) < 4.78 is 5.28. The molecular weight excluding hydrogens is 272 g/mol. The highest BCUT2D eigenvalue weighted by Gasteiger charge is 2.24. The van der Waals surface area contributed by atoms with E-state index in [1.807, 2.05) is 0 Å². The lowest BCUT2D eigenvalue weighted by Gasteiger charge is -2.31. The summed E-state index contributed by atoms with van der Waals surface area (Å²) in [7, 11) is 1.56. The predicted molar refractivity (Wildman–Crippen MR) is 77.1 cm³/mol. The number of aromatic carboxylic acids is 1. The van der Waals surface area contributed by atoms with Crippen LogP contribution in [0.1, 0.15) is 28.8 Å². The van der Waals surface area contributed by atoms with E-state index in [2.05, 4.69) is 4.90 Å². The first-order chi connectivity index (χ1) is 10.0. The van der Waals surface area contributed by atoms with Crippen LogP contribution in [0.15, 0.2) is 18.2 Å². The number of carboxylic acids is 1. The summed E-state index contributed by atoms with van der Waals surface area (Å²) >= 11 is 0. The number of carbonyl (C=O) groups is 2. The molecule has 6 nitrogen and oxygen atoms in total. The third kappa shape index (κ3) is 3.72. The third-order valence-electron chi connectivity index (χ3n) is 3.83. The highest BCUT2D eigenvalue weighted by Crippen LogP contribution is 2.24. The lowest BCUT2D eigenvalue weighted by atomic mass is 9.97. The highest BCUT2D eigenvalue weighted by atomic mass is 16.5. The number of hydrogen-bond donors (Lipinski definition) is 2. The lowest BCUT2D eigenvalue weighted by Crippen LogP contribution is -2.40. The van der Waals surface area contributed by atoms with Gasteiger partial charge in [0, 0.05) is 18.7 Å². The van der Waals surface area contributed by atoms with Gasteiger partial charge in [-0.3, -0.25) is 9.69 Å². The molecule has 1 heterocycles. The summed E-state index contributed by atoms with van der Waals surface area (Å²) in [6, 6.07) is 4.80. The van der Waals surface area contributed by atoms with Gasteiger partial charge in [-0.2, -0.15) is 0 Å². The zero-order valence-electron chi connectivity index (χ0n) is 12.0. The van der Waals surface area contributed by atoms with E-state index in [0.29, 0.717) is 18.8 Å². The van der Waals surface area contributed by atoms with E-state index in [9.17, 15) is 9.59 Å². The van der Waals surface area contributed by atoms with E-state index < -0.39 is 5.97 Å². The Bertz CT molecular complexity index is 544. The zero-order valence-corrected chi connectivity index (χ0v) is 12.0. The Balaban J connectivity index is 2.15. The van der Waals surface area contributed by atoms with Gasteiger partial charge in [0.25, 0.3) is 0 Å². The number of likely N-dealkylation sites (tertiary alicyclic amines) is 1. The number of benzene rings is 1. The minimum atomic E-state index is -0.965. The molecule has 0 aliphatic carbocycles. The van der Waals surface area contributed by atoms with E-state index in [-0.39, 0.29) is 17.4 Å². The summed E-state index contributed by atoms with van der Waals surface area (Å²) in [6.45, 7) is 2.02. The number of carbonyl (C=O) groups excluding carboxylic acids is 1. The van der Waals surface area contributed by atoms with Gasteiger partial charge in [0.2, 0.25) is 5.91 Å². The molecule has 0 radical (unpaired) electrons. The number of hydrogen-bond acceptors (Lipinski definition) is 4. The fourth-order valence-electron chi connectivity index (χ4n) is 2.71. The van der Waals surface area contributed by atoms with Gasteiger partial charge in [-0.1, -0.05) is 0 Å². The summed E-state index contributed by atoms with van der Waals surface area (Å²) in [4.78, 5) is 24.5. The maximum atomic E-state index is 11.3. The number of ether oxygens (including phenoxy) is 1. The van der Waals surface area contributed by atoms with Crippen LogP contribution in [-0.2, 0) is 11.3 Å². The maximum Gasteiger partial charge on any atom is 0.335 e. The Kier molecular flexibility index (Phi) is 4.80. The van der Waals surface area contributed by atoms with Crippen molar-refractivity contribution in [3.63, 3.8) is 0 Å². The Morgan fingerprint density at radius 2 is 2.24 bits per heavy atom. The summed E-state index contributed by atoms with van der Waals surface area (Å²) in [5.41, 5.74) is 6.41. The second-order valence-electron chi connectivity index (χ2n) is 5.31. The van der Waals surface area contributed by atoms with Crippen molar-refractivity contribution >= 4 is 11.9 Å². The van der Waals surface area contributed by atoms with Gasteiger partial charge >= 0.3 is 5.97 Å². The van der Waals surface area contributed by atoms with Gasteiger partial charge in [0.05, 0.1) is 18.6 Å². The van der Waals surface area contributed by atoms with Gasteiger partial charge in [-0.25, -0.2) is 4.79 Å². The first-order valence-electron chi connectivity index (χ1n) is 6.93. The molecule has 1 aliphatic rings. The number of carboxylic acid groups (broad SMARTS) is 1. The largest absolute Gasteiger partial charge is 0.496 e. The van der Waals surface area contributed by atoms with Crippen molar-refractivity contribution in [1.29, 1.82) is 0 Å². The van der Waals surface area contributed by atoms with Gasteiger partial charge < -0.3 is 15.6 Å². The molecule has 1 atom stereocenters. The van der Waals surface area contributed by atoms with Crippen molar-refractivity contribution in [2.75, 3.05) is 20.2 Å². The number of methoxy groups -OCH3 is 1. The van der Waals surface area contributed by atoms with E-state index in [1.165, 1.54) is 6.07 Å². The third-order valence-corrected chi connectivity index (χ3v) is 3.83. The maximum absolute atomic E-state index is 11.3. The molecule has 2 rings (SSSR count). The lowest BCUT2D eigenvalue weighted by molar-refractivity contribution is -0.123. The van der Waals surface area contributed by atoms with E-state index in [1.54, 1.807) is 19.2 Å². The van der Waals surface area contributed by atoms with E-state index in [4.69, 9.17) is 15.6 Å². The quantitative estimate of drug-likeness (QED) is 0.847. The number of piperidine rings is 1. The zero-order chi connectivity index (χ0) is 15.4. The summed E-state index contributed by atoms with van der Waals surface area (Å²) in [5, 5.41) is 9.08. The number of nitrogens with two attached hydrogens (primary N) is 1. The average molecular weight is 292 g/mol. The molecule has 21 heavy (non-hydrogen) atoms. The SMILES string of the molecule is COc1ccc(C(=O)O)cc1CN1CCCC(C(N)=O)C1. The number of amides is 1. The molecule has 3 N–H and O–H groups in total. The second-order valence-corrected chi connectivity index (χ2v) is 5.31. The number of primary amides is 1. The molecular formula is C15H20N2O4. The van der Waals surface area contributed by atoms with E-state index in [0.717, 1.165) is 24.9 Å². The van der Waals surface area contributed by atoms with Gasteiger partial charge in [-0.15, -0.1) is 0 Å². The minimum Gasteiger partial charge on any atom is -0.496 e. The van der Waals surface area contributed by atoms with Crippen molar-refractivity contribution in [1.82, 2.24) is 4.90 Å². The fraction of sp³-hybridized carbons (Fsp3) is 0.467. The van der Waals surface area contributed by atoms with Gasteiger partial charge in [0.1, 0.15) is 5.75 Å². The molecule has 1 aromatic carbocycles. The Labute approximate surface area is 123 Å². The number of rotatable bonds is 5. The number of nitrogens with zero attached hydrogens (tertiary/aromatic N) is 1. The molecule has 114 valence electrons. The van der Waals surface area contributed by atoms with Crippen LogP contribution >= 0.6 is 0 Å². The summed E-state index contributed by atoms with van der Waals surface area (Å²) in [5.74, 6) is -0.716. The monoisotopic (exact) mass is 292 g/mol. The van der Waals surface area contributed by atoms with Gasteiger partial charge in [0.15, 0.2) is 0 Å². The van der Waals surface area contributed by atoms with Crippen molar-refractivity contribution in [2.45, 2.75) is 19.4 Å². The standard InChI is InChI=1S/C15H20N2O4/c1-21-13-5-4-10(15(19)20)7-12(13)9-17-6-2-3-11(8-17)14(16)18/h4-5,7,11H,2-3,6,8-9H2,1H3,(H2,16,18)(H,19,20). The molecule has 1 unspecified atom stereocenters. The molecule has 1 amide bonds. The predicted octanol–water partition coefficient (Wildman–Crippen LogP) is 1.09. The van der Waals surface area contributed by atoms with Crippen LogP contribution in [0.4, 0.5) is 0 Å². The van der Waals surface area contributed by atoms with E-state index >= 15 is 0 Å². The molecule has 0 aromatic heterocycles. The second kappa shape index (κ2) is 6.58. The van der Waals surface area contributed by atoms with Crippen molar-refractivity contribution in [3.8, 4) is 5.75 Å². The Hall–Kier alpha value is -2.08. The average Bonchev–Trinajstić information content (AvgIpc) is 2.47. The van der Waals surface area contributed by atoms with Crippen LogP contribution in [0.25, 0.3) is 0 Å². The minimum absolute atomic E-state index is 0.132. The van der Waals surface area contributed by atoms with Crippen LogP contribution in [0.2, 0.25) is 0 Å². The van der Waals surface area contributed by atoms with Crippen molar-refractivity contribution in [3.05, 3.63) is 29.3 Å². The molecule has 0 spiro atoms. The molecule has 1 aliphatic heterocycles. The van der Waals surface area contributed by atoms with Crippen LogP contribution in [0, 0.1) is 5.92 Å². The molecule has 1 saturated heterocycles. The first-order valence-corrected chi connectivity index (χ1v) is 6.93. The van der Waals surface area contributed by atoms with Crippen LogP contribution in [0.3, 0.4) is 0 Å². The van der Waals surface area contributed by atoms with Gasteiger partial charge in [-0.05, 0) is 37.6 Å². The smallest absolute Gasteiger partial charge is 0.335 e. The normalized spacial score (nSPS) is 19.2. The highest BCUT2D eigenvalue weighted by molar-refractivity contribution is 5.88. The molecule has 1 aromatic rings. The first kappa shape index (κ1) is 15.3. The molecule has 0 saturated carbocycles. The topological polar surface area (TPSA) is 92.9 Å². The molecule has 6 heteroatoms. The summed E-state index contributed by atoms with van der Waals surface area (Å²) in [6.07, 6.45) is 1.73. The Morgan fingerprint density at radius 3 is 2.86 bits per heavy atom. The Morgan fingerprint density at radius 1 is 1.48 bits per heavy atom. The van der Waals surface area contributed by atoms with Crippen LogP contribution < -0.4 is 10.5 Å². The van der Waals surface area contributed by atoms with Crippen LogP contribution in [0.5, 0.6) is 5.75 Å². The molecule has 1 fully saturated rings. The van der Waals surface area contributed by atoms with Crippen molar-refractivity contribution in [2.24, 2.45) is 11.7 Å².